The van der Waals surface area contributed by atoms with Crippen LogP contribution in [0.1, 0.15) is 258 Å². The van der Waals surface area contributed by atoms with E-state index in [1.54, 1.807) is 6.08 Å². The highest BCUT2D eigenvalue weighted by atomic mass is 16.3. The molecule has 0 aliphatic rings. The normalized spacial score (nSPS) is 13.3. The van der Waals surface area contributed by atoms with Gasteiger partial charge in [0.15, 0.2) is 0 Å². The number of carbonyl (C=O) groups excluding carboxylic acids is 1. The molecule has 0 fully saturated rings. The zero-order chi connectivity index (χ0) is 40.7. The lowest BCUT2D eigenvalue weighted by Crippen LogP contribution is -2.45. The molecule has 0 aromatic heterocycles. The van der Waals surface area contributed by atoms with Crippen molar-refractivity contribution in [3.8, 4) is 0 Å². The second kappa shape index (κ2) is 47.7. The van der Waals surface area contributed by atoms with Gasteiger partial charge in [0, 0.05) is 6.42 Å². The summed E-state index contributed by atoms with van der Waals surface area (Å²) in [6.07, 6.45) is 65.3. The highest BCUT2D eigenvalue weighted by Crippen LogP contribution is 2.15. The van der Waals surface area contributed by atoms with Gasteiger partial charge in [0.1, 0.15) is 0 Å². The first-order valence-electron chi connectivity index (χ1n) is 24.9. The fraction of sp³-hybridized carbons (Fsp3) is 0.827. The van der Waals surface area contributed by atoms with E-state index in [2.05, 4.69) is 55.6 Å². The molecule has 0 heterocycles. The molecule has 0 bridgehead atoms. The molecule has 0 radical (unpaired) electrons. The summed E-state index contributed by atoms with van der Waals surface area (Å²) in [5.41, 5.74) is 0. The van der Waals surface area contributed by atoms with E-state index in [4.69, 9.17) is 0 Å². The lowest BCUT2D eigenvalue weighted by molar-refractivity contribution is -0.123. The highest BCUT2D eigenvalue weighted by molar-refractivity contribution is 5.76. The minimum Gasteiger partial charge on any atom is -0.394 e. The number of rotatable bonds is 45. The molecule has 0 aromatic rings. The maximum Gasteiger partial charge on any atom is 0.220 e. The lowest BCUT2D eigenvalue weighted by Gasteiger charge is -2.19. The van der Waals surface area contributed by atoms with Crippen LogP contribution in [0.4, 0.5) is 0 Å². The fourth-order valence-corrected chi connectivity index (χ4v) is 7.44. The van der Waals surface area contributed by atoms with Gasteiger partial charge in [-0.2, -0.15) is 0 Å². The standard InChI is InChI=1S/C52H97NO3/c1-3-5-7-9-11-13-15-17-19-21-23-25-26-28-30-32-34-36-38-40-42-44-46-48-52(56)53-50(49-54)51(55)47-45-43-41-39-37-35-33-31-29-27-24-22-20-18-16-14-12-10-8-6-4-2/h28-31,37,39,45,47,50-51,54-55H,3-27,32-36,38,40-44,46,48-49H2,1-2H3,(H,53,56)/b30-28-,31-29+,39-37+,47-45+. The Morgan fingerprint density at radius 3 is 1.04 bits per heavy atom. The SMILES string of the molecule is CCCCCCCCCCCCC/C=C/CC/C=C/CC/C=C/C(O)C(CO)NC(=O)CCCCCCCCC/C=C\CCCCCCCCCCCCCC. The molecule has 0 saturated heterocycles. The summed E-state index contributed by atoms with van der Waals surface area (Å²) in [7, 11) is 0. The molecule has 0 aromatic carbocycles. The first-order chi connectivity index (χ1) is 27.7. The van der Waals surface area contributed by atoms with E-state index in [1.807, 2.05) is 6.08 Å². The van der Waals surface area contributed by atoms with Crippen LogP contribution in [0.5, 0.6) is 0 Å². The molecule has 0 saturated carbocycles. The third kappa shape index (κ3) is 43.5. The van der Waals surface area contributed by atoms with Crippen LogP contribution >= 0.6 is 0 Å². The average Bonchev–Trinajstić information content (AvgIpc) is 3.20. The minimum absolute atomic E-state index is 0.0810. The number of allylic oxidation sites excluding steroid dienone is 7. The number of carbonyl (C=O) groups is 1. The Bertz CT molecular complexity index is 893. The smallest absolute Gasteiger partial charge is 0.220 e. The monoisotopic (exact) mass is 784 g/mol. The van der Waals surface area contributed by atoms with E-state index in [-0.39, 0.29) is 12.5 Å². The van der Waals surface area contributed by atoms with Gasteiger partial charge < -0.3 is 15.5 Å². The van der Waals surface area contributed by atoms with Crippen LogP contribution in [0.25, 0.3) is 0 Å². The Hall–Kier alpha value is -1.65. The van der Waals surface area contributed by atoms with E-state index in [1.165, 1.54) is 199 Å². The first-order valence-corrected chi connectivity index (χ1v) is 24.9. The maximum atomic E-state index is 12.4. The van der Waals surface area contributed by atoms with E-state index in [0.717, 1.165) is 38.5 Å². The number of unbranched alkanes of at least 4 members (excludes halogenated alkanes) is 32. The van der Waals surface area contributed by atoms with Crippen LogP contribution < -0.4 is 5.32 Å². The number of nitrogens with one attached hydrogen (secondary N) is 1. The van der Waals surface area contributed by atoms with Crippen molar-refractivity contribution in [1.29, 1.82) is 0 Å². The molecule has 56 heavy (non-hydrogen) atoms. The highest BCUT2D eigenvalue weighted by Gasteiger charge is 2.17. The van der Waals surface area contributed by atoms with Gasteiger partial charge in [0.05, 0.1) is 18.8 Å². The molecule has 0 spiro atoms. The summed E-state index contributed by atoms with van der Waals surface area (Å²) in [6, 6.07) is -0.648. The maximum absolute atomic E-state index is 12.4. The number of amides is 1. The van der Waals surface area contributed by atoms with Crippen LogP contribution in [0.15, 0.2) is 48.6 Å². The van der Waals surface area contributed by atoms with E-state index < -0.39 is 12.1 Å². The summed E-state index contributed by atoms with van der Waals surface area (Å²) in [4.78, 5) is 12.4. The second-order valence-corrected chi connectivity index (χ2v) is 16.9. The predicted octanol–water partition coefficient (Wildman–Crippen LogP) is 15.9. The van der Waals surface area contributed by atoms with Crippen LogP contribution in [0.3, 0.4) is 0 Å². The van der Waals surface area contributed by atoms with Crippen LogP contribution in [-0.4, -0.2) is 34.9 Å². The van der Waals surface area contributed by atoms with Gasteiger partial charge in [0.2, 0.25) is 5.91 Å². The summed E-state index contributed by atoms with van der Waals surface area (Å²) < 4.78 is 0. The largest absolute Gasteiger partial charge is 0.394 e. The van der Waals surface area contributed by atoms with E-state index in [9.17, 15) is 15.0 Å². The van der Waals surface area contributed by atoms with Gasteiger partial charge in [-0.3, -0.25) is 4.79 Å². The molecule has 4 nitrogen and oxygen atoms in total. The lowest BCUT2D eigenvalue weighted by atomic mass is 10.0. The van der Waals surface area contributed by atoms with Crippen molar-refractivity contribution >= 4 is 5.91 Å². The fourth-order valence-electron chi connectivity index (χ4n) is 7.44. The summed E-state index contributed by atoms with van der Waals surface area (Å²) in [5.74, 6) is -0.0810. The molecule has 1 amide bonds. The number of aliphatic hydroxyl groups is 2. The summed E-state index contributed by atoms with van der Waals surface area (Å²) >= 11 is 0. The summed E-state index contributed by atoms with van der Waals surface area (Å²) in [6.45, 7) is 4.31. The zero-order valence-corrected chi connectivity index (χ0v) is 37.7. The minimum atomic E-state index is -0.873. The summed E-state index contributed by atoms with van der Waals surface area (Å²) in [5, 5.41) is 23.1. The van der Waals surface area contributed by atoms with E-state index >= 15 is 0 Å². The van der Waals surface area contributed by atoms with Crippen molar-refractivity contribution < 1.29 is 15.0 Å². The molecular weight excluding hydrogens is 687 g/mol. The Morgan fingerprint density at radius 2 is 0.696 bits per heavy atom. The van der Waals surface area contributed by atoms with E-state index in [0.29, 0.717) is 6.42 Å². The zero-order valence-electron chi connectivity index (χ0n) is 37.7. The van der Waals surface area contributed by atoms with Gasteiger partial charge in [0.25, 0.3) is 0 Å². The van der Waals surface area contributed by atoms with Crippen molar-refractivity contribution in [1.82, 2.24) is 5.32 Å². The Morgan fingerprint density at radius 1 is 0.411 bits per heavy atom. The molecule has 3 N–H and O–H groups in total. The predicted molar refractivity (Wildman–Crippen MR) is 248 cm³/mol. The Labute approximate surface area is 350 Å². The third-order valence-corrected chi connectivity index (χ3v) is 11.3. The van der Waals surface area contributed by atoms with Crippen molar-refractivity contribution in [2.75, 3.05) is 6.61 Å². The molecule has 2 unspecified atom stereocenters. The Balaban J connectivity index is 3.60. The van der Waals surface area contributed by atoms with Crippen molar-refractivity contribution in [3.05, 3.63) is 48.6 Å². The number of hydrogen-bond acceptors (Lipinski definition) is 3. The molecule has 2 atom stereocenters. The van der Waals surface area contributed by atoms with Gasteiger partial charge in [-0.05, 0) is 70.6 Å². The third-order valence-electron chi connectivity index (χ3n) is 11.3. The molecular formula is C52H97NO3. The van der Waals surface area contributed by atoms with Gasteiger partial charge in [-0.1, -0.05) is 229 Å². The van der Waals surface area contributed by atoms with Crippen molar-refractivity contribution in [2.24, 2.45) is 0 Å². The molecule has 0 rings (SSSR count). The Kier molecular flexibility index (Phi) is 46.3. The number of hydrogen-bond donors (Lipinski definition) is 3. The van der Waals surface area contributed by atoms with Crippen LogP contribution in [-0.2, 0) is 4.79 Å². The quantitative estimate of drug-likeness (QED) is 0.0425. The van der Waals surface area contributed by atoms with Crippen molar-refractivity contribution in [2.45, 2.75) is 270 Å². The first kappa shape index (κ1) is 54.3. The second-order valence-electron chi connectivity index (χ2n) is 16.9. The van der Waals surface area contributed by atoms with Gasteiger partial charge >= 0.3 is 0 Å². The number of aliphatic hydroxyl groups excluding tert-OH is 2. The molecule has 4 heteroatoms. The van der Waals surface area contributed by atoms with Crippen LogP contribution in [0.2, 0.25) is 0 Å². The van der Waals surface area contributed by atoms with Gasteiger partial charge in [-0.15, -0.1) is 0 Å². The average molecular weight is 784 g/mol. The van der Waals surface area contributed by atoms with Gasteiger partial charge in [-0.25, -0.2) is 0 Å². The molecule has 328 valence electrons. The molecule has 0 aliphatic heterocycles. The van der Waals surface area contributed by atoms with Crippen LogP contribution in [0, 0.1) is 0 Å². The topological polar surface area (TPSA) is 69.6 Å². The molecule has 0 aliphatic carbocycles. The van der Waals surface area contributed by atoms with Crippen molar-refractivity contribution in [3.63, 3.8) is 0 Å².